The summed E-state index contributed by atoms with van der Waals surface area (Å²) in [4.78, 5) is 14.4. The van der Waals surface area contributed by atoms with E-state index in [1.807, 2.05) is 0 Å². The van der Waals surface area contributed by atoms with Gasteiger partial charge < -0.3 is 4.90 Å². The quantitative estimate of drug-likeness (QED) is 0.787. The van der Waals surface area contributed by atoms with Crippen LogP contribution in [-0.4, -0.2) is 25.4 Å². The molecule has 4 rings (SSSR count). The van der Waals surface area contributed by atoms with Gasteiger partial charge in [0.15, 0.2) is 5.78 Å². The molecule has 3 aliphatic rings. The molecule has 4 heteroatoms. The first-order valence-electron chi connectivity index (χ1n) is 7.60. The Morgan fingerprint density at radius 3 is 2.85 bits per heavy atom. The highest BCUT2D eigenvalue weighted by Gasteiger charge is 2.39. The van der Waals surface area contributed by atoms with Crippen molar-refractivity contribution in [2.24, 2.45) is 16.1 Å². The zero-order valence-corrected chi connectivity index (χ0v) is 11.6. The normalized spacial score (nSPS) is 28.4. The van der Waals surface area contributed by atoms with Crippen LogP contribution in [0, 0.1) is 5.92 Å². The second-order valence-electron chi connectivity index (χ2n) is 6.07. The van der Waals surface area contributed by atoms with Crippen molar-refractivity contribution in [2.75, 3.05) is 24.5 Å². The van der Waals surface area contributed by atoms with E-state index in [-0.39, 0.29) is 24.3 Å². The Bertz CT molecular complexity index is 575. The average molecular weight is 269 g/mol. The van der Waals surface area contributed by atoms with Gasteiger partial charge in [-0.25, -0.2) is 0 Å². The molecule has 0 saturated carbocycles. The monoisotopic (exact) mass is 269 g/mol. The van der Waals surface area contributed by atoms with Gasteiger partial charge in [-0.1, -0.05) is 6.07 Å². The third kappa shape index (κ3) is 1.86. The van der Waals surface area contributed by atoms with Gasteiger partial charge in [-0.3, -0.25) is 4.79 Å². The smallest absolute Gasteiger partial charge is 0.162 e. The van der Waals surface area contributed by atoms with Crippen molar-refractivity contribution in [2.45, 2.75) is 31.7 Å². The Labute approximate surface area is 118 Å². The van der Waals surface area contributed by atoms with Crippen molar-refractivity contribution in [1.82, 2.24) is 0 Å². The maximum Gasteiger partial charge on any atom is 0.162 e. The summed E-state index contributed by atoms with van der Waals surface area (Å²) in [6.07, 6.45) is 4.77. The van der Waals surface area contributed by atoms with Gasteiger partial charge in [0.2, 0.25) is 0 Å². The number of piperidine rings is 1. The minimum absolute atomic E-state index is 0.0124. The molecule has 0 spiro atoms. The lowest BCUT2D eigenvalue weighted by atomic mass is 9.95. The molecule has 1 aromatic carbocycles. The van der Waals surface area contributed by atoms with Gasteiger partial charge in [-0.2, -0.15) is 10.2 Å². The zero-order valence-electron chi connectivity index (χ0n) is 11.6. The maximum absolute atomic E-state index is 12.0. The first-order valence-corrected chi connectivity index (χ1v) is 7.60. The number of nitrogens with zero attached hydrogens (tertiary/aromatic N) is 3. The highest BCUT2D eigenvalue weighted by Crippen LogP contribution is 2.42. The number of benzene rings is 1. The summed E-state index contributed by atoms with van der Waals surface area (Å²) in [7, 11) is 0. The van der Waals surface area contributed by atoms with Crippen LogP contribution in [0.15, 0.2) is 28.4 Å². The van der Waals surface area contributed by atoms with E-state index in [1.165, 1.54) is 36.1 Å². The molecule has 0 radical (unpaired) electrons. The summed E-state index contributed by atoms with van der Waals surface area (Å²) < 4.78 is 0. The summed E-state index contributed by atoms with van der Waals surface area (Å²) in [5, 5.41) is 8.29. The molecule has 2 atom stereocenters. The molecule has 104 valence electrons. The van der Waals surface area contributed by atoms with E-state index < -0.39 is 0 Å². The lowest BCUT2D eigenvalue weighted by Gasteiger charge is -2.29. The van der Waals surface area contributed by atoms with Gasteiger partial charge in [-0.05, 0) is 48.9 Å². The molecule has 1 saturated heterocycles. The molecule has 0 bridgehead atoms. The molecule has 0 N–H and O–H groups in total. The summed E-state index contributed by atoms with van der Waals surface area (Å²) in [5.41, 5.74) is 3.83. The molecule has 1 aliphatic carbocycles. The van der Waals surface area contributed by atoms with Crippen molar-refractivity contribution < 1.29 is 4.79 Å². The molecule has 20 heavy (non-hydrogen) atoms. The van der Waals surface area contributed by atoms with Crippen LogP contribution in [0.4, 0.5) is 5.69 Å². The lowest BCUT2D eigenvalue weighted by molar-refractivity contribution is -0.122. The SMILES string of the molecule is O=C1CN=NC2c3ccc(N4CCCCC4)cc3CC12. The molecular weight excluding hydrogens is 250 g/mol. The number of anilines is 1. The number of azo groups is 1. The number of rotatable bonds is 1. The molecule has 1 fully saturated rings. The molecule has 2 aliphatic heterocycles. The van der Waals surface area contributed by atoms with Crippen molar-refractivity contribution in [3.8, 4) is 0 Å². The Balaban J connectivity index is 1.65. The zero-order chi connectivity index (χ0) is 13.5. The fraction of sp³-hybridized carbons (Fsp3) is 0.562. The van der Waals surface area contributed by atoms with Gasteiger partial charge in [0.05, 0.1) is 5.92 Å². The Morgan fingerprint density at radius 2 is 2.00 bits per heavy atom. The number of hydrogen-bond donors (Lipinski definition) is 0. The first-order chi connectivity index (χ1) is 9.83. The van der Waals surface area contributed by atoms with E-state index in [1.54, 1.807) is 0 Å². The molecule has 1 aromatic rings. The molecule has 2 unspecified atom stereocenters. The van der Waals surface area contributed by atoms with E-state index in [0.717, 1.165) is 19.5 Å². The average Bonchev–Trinajstić information content (AvgIpc) is 2.87. The minimum Gasteiger partial charge on any atom is -0.372 e. The standard InChI is InChI=1S/C16H19N3O/c20-15-10-17-18-16-13-5-4-12(8-11(13)9-14(15)16)19-6-2-1-3-7-19/h4-5,8,14,16H,1-3,6-7,9-10H2. The number of Topliss-reactive ketones (excluding diaryl/α,β-unsaturated/α-hetero) is 1. The third-order valence-corrected chi connectivity index (χ3v) is 4.83. The number of carbonyl (C=O) groups excluding carboxylic acids is 1. The Morgan fingerprint density at radius 1 is 1.15 bits per heavy atom. The predicted octanol–water partition coefficient (Wildman–Crippen LogP) is 2.93. The number of hydrogen-bond acceptors (Lipinski definition) is 4. The van der Waals surface area contributed by atoms with E-state index in [9.17, 15) is 4.79 Å². The fourth-order valence-electron chi connectivity index (χ4n) is 3.72. The highest BCUT2D eigenvalue weighted by atomic mass is 16.1. The van der Waals surface area contributed by atoms with Gasteiger partial charge in [0.1, 0.15) is 12.6 Å². The third-order valence-electron chi connectivity index (χ3n) is 4.83. The largest absolute Gasteiger partial charge is 0.372 e. The van der Waals surface area contributed by atoms with E-state index in [0.29, 0.717) is 0 Å². The Kier molecular flexibility index (Phi) is 2.83. The van der Waals surface area contributed by atoms with Crippen molar-refractivity contribution >= 4 is 11.5 Å². The molecule has 4 nitrogen and oxygen atoms in total. The molecule has 0 amide bonds. The van der Waals surface area contributed by atoms with Gasteiger partial charge >= 0.3 is 0 Å². The van der Waals surface area contributed by atoms with Crippen molar-refractivity contribution in [3.63, 3.8) is 0 Å². The number of carbonyl (C=O) groups is 1. The molecule has 0 aromatic heterocycles. The van der Waals surface area contributed by atoms with E-state index in [4.69, 9.17) is 0 Å². The van der Waals surface area contributed by atoms with Gasteiger partial charge in [0.25, 0.3) is 0 Å². The predicted molar refractivity (Wildman–Crippen MR) is 77.2 cm³/mol. The van der Waals surface area contributed by atoms with Crippen LogP contribution in [0.2, 0.25) is 0 Å². The van der Waals surface area contributed by atoms with Crippen LogP contribution >= 0.6 is 0 Å². The topological polar surface area (TPSA) is 45.0 Å². The van der Waals surface area contributed by atoms with Crippen LogP contribution in [0.25, 0.3) is 0 Å². The van der Waals surface area contributed by atoms with Crippen molar-refractivity contribution in [3.05, 3.63) is 29.3 Å². The van der Waals surface area contributed by atoms with Crippen LogP contribution in [-0.2, 0) is 11.2 Å². The summed E-state index contributed by atoms with van der Waals surface area (Å²) in [6.45, 7) is 2.59. The molecule has 2 heterocycles. The van der Waals surface area contributed by atoms with E-state index >= 15 is 0 Å². The summed E-state index contributed by atoms with van der Waals surface area (Å²) in [6, 6.07) is 6.63. The van der Waals surface area contributed by atoms with Crippen LogP contribution in [0.5, 0.6) is 0 Å². The van der Waals surface area contributed by atoms with Gasteiger partial charge in [0, 0.05) is 18.8 Å². The van der Waals surface area contributed by atoms with Gasteiger partial charge in [-0.15, -0.1) is 0 Å². The van der Waals surface area contributed by atoms with Crippen LogP contribution in [0.3, 0.4) is 0 Å². The maximum atomic E-state index is 12.0. The second kappa shape index (κ2) is 4.69. The lowest BCUT2D eigenvalue weighted by Crippen LogP contribution is -2.29. The number of ketones is 1. The number of fused-ring (bicyclic) bond motifs is 3. The second-order valence-corrected chi connectivity index (χ2v) is 6.07. The van der Waals surface area contributed by atoms with E-state index in [2.05, 4.69) is 33.3 Å². The Hall–Kier alpha value is -1.71. The van der Waals surface area contributed by atoms with Crippen molar-refractivity contribution in [1.29, 1.82) is 0 Å². The van der Waals surface area contributed by atoms with Crippen LogP contribution in [0.1, 0.15) is 36.4 Å². The highest BCUT2D eigenvalue weighted by molar-refractivity contribution is 5.86. The van der Waals surface area contributed by atoms with Crippen LogP contribution < -0.4 is 4.90 Å². The fourth-order valence-corrected chi connectivity index (χ4v) is 3.72. The molecular formula is C16H19N3O. The minimum atomic E-state index is -0.0124. The first kappa shape index (κ1) is 12.1. The summed E-state index contributed by atoms with van der Waals surface area (Å²) >= 11 is 0. The summed E-state index contributed by atoms with van der Waals surface area (Å²) in [5.74, 6) is 0.292.